The number of nitrogens with one attached hydrogen (secondary N) is 1. The lowest BCUT2D eigenvalue weighted by molar-refractivity contribution is 0.145. The third kappa shape index (κ3) is 3.07. The molecule has 0 unspecified atom stereocenters. The molecule has 1 aromatic rings. The summed E-state index contributed by atoms with van der Waals surface area (Å²) >= 11 is 0. The maximum absolute atomic E-state index is 11.9. The topological polar surface area (TPSA) is 12.0 Å². The molecule has 78 valence electrons. The number of alkyl halides is 2. The predicted molar refractivity (Wildman–Crippen MR) is 53.6 cm³/mol. The van der Waals surface area contributed by atoms with Gasteiger partial charge in [0.1, 0.15) is 0 Å². The molecule has 0 aliphatic heterocycles. The molecule has 1 N–H and O–H groups in total. The summed E-state index contributed by atoms with van der Waals surface area (Å²) in [6.07, 6.45) is -2.28. The summed E-state index contributed by atoms with van der Waals surface area (Å²) in [6, 6.07) is 5.96. The van der Waals surface area contributed by atoms with E-state index in [0.29, 0.717) is 6.54 Å². The maximum Gasteiger partial charge on any atom is 0.250 e. The monoisotopic (exact) mass is 199 g/mol. The van der Waals surface area contributed by atoms with E-state index < -0.39 is 6.43 Å². The Morgan fingerprint density at radius 2 is 1.79 bits per heavy atom. The van der Waals surface area contributed by atoms with Crippen molar-refractivity contribution in [3.8, 4) is 0 Å². The maximum atomic E-state index is 11.9. The largest absolute Gasteiger partial charge is 0.307 e. The van der Waals surface area contributed by atoms with Gasteiger partial charge in [0.15, 0.2) is 0 Å². The van der Waals surface area contributed by atoms with Crippen LogP contribution in [0.25, 0.3) is 0 Å². The minimum atomic E-state index is -2.28. The third-order valence-electron chi connectivity index (χ3n) is 2.24. The van der Waals surface area contributed by atoms with Crippen LogP contribution in [0.5, 0.6) is 0 Å². The molecule has 1 aromatic carbocycles. The molecule has 0 heterocycles. The van der Waals surface area contributed by atoms with Gasteiger partial charge in [-0.3, -0.25) is 0 Å². The number of hydrogen-bond acceptors (Lipinski definition) is 1. The van der Waals surface area contributed by atoms with Crippen molar-refractivity contribution in [2.45, 2.75) is 26.8 Å². The standard InChI is InChI=1S/C11H15F2N/c1-8-4-3-5-9(2)10(8)6-14-7-11(12)13/h3-5,11,14H,6-7H2,1-2H3. The van der Waals surface area contributed by atoms with Crippen LogP contribution in [0.4, 0.5) is 8.78 Å². The molecule has 0 bridgehead atoms. The van der Waals surface area contributed by atoms with Crippen LogP contribution in [0.3, 0.4) is 0 Å². The van der Waals surface area contributed by atoms with Gasteiger partial charge in [-0.2, -0.15) is 0 Å². The average molecular weight is 199 g/mol. The molecular formula is C11H15F2N. The first-order valence-electron chi connectivity index (χ1n) is 4.65. The molecule has 1 nitrogen and oxygen atoms in total. The van der Waals surface area contributed by atoms with E-state index in [9.17, 15) is 8.78 Å². The van der Waals surface area contributed by atoms with E-state index in [1.165, 1.54) is 0 Å². The van der Waals surface area contributed by atoms with Crippen LogP contribution < -0.4 is 5.32 Å². The van der Waals surface area contributed by atoms with E-state index >= 15 is 0 Å². The molecule has 3 heteroatoms. The molecule has 14 heavy (non-hydrogen) atoms. The number of benzene rings is 1. The van der Waals surface area contributed by atoms with Gasteiger partial charge in [-0.05, 0) is 30.5 Å². The molecular weight excluding hydrogens is 184 g/mol. The minimum Gasteiger partial charge on any atom is -0.307 e. The first-order chi connectivity index (χ1) is 6.61. The smallest absolute Gasteiger partial charge is 0.250 e. The summed E-state index contributed by atoms with van der Waals surface area (Å²) in [5, 5.41) is 2.73. The lowest BCUT2D eigenvalue weighted by Gasteiger charge is -2.10. The van der Waals surface area contributed by atoms with Crippen molar-refractivity contribution in [3.05, 3.63) is 34.9 Å². The quantitative estimate of drug-likeness (QED) is 0.786. The van der Waals surface area contributed by atoms with Crippen molar-refractivity contribution in [2.24, 2.45) is 0 Å². The van der Waals surface area contributed by atoms with Crippen LogP contribution in [-0.4, -0.2) is 13.0 Å². The Labute approximate surface area is 83.1 Å². The Kier molecular flexibility index (Phi) is 4.01. The van der Waals surface area contributed by atoms with Gasteiger partial charge >= 0.3 is 0 Å². The Balaban J connectivity index is 2.58. The van der Waals surface area contributed by atoms with Crippen LogP contribution in [-0.2, 0) is 6.54 Å². The minimum absolute atomic E-state index is 0.242. The first-order valence-corrected chi connectivity index (χ1v) is 4.65. The molecule has 0 aromatic heterocycles. The lowest BCUT2D eigenvalue weighted by atomic mass is 10.0. The van der Waals surface area contributed by atoms with E-state index in [2.05, 4.69) is 5.32 Å². The highest BCUT2D eigenvalue weighted by molar-refractivity contribution is 5.33. The number of aryl methyl sites for hydroxylation is 2. The fraction of sp³-hybridized carbons (Fsp3) is 0.455. The Morgan fingerprint density at radius 3 is 2.29 bits per heavy atom. The molecule has 1 rings (SSSR count). The molecule has 0 atom stereocenters. The van der Waals surface area contributed by atoms with Gasteiger partial charge in [0, 0.05) is 6.54 Å². The second-order valence-electron chi connectivity index (χ2n) is 3.39. The second-order valence-corrected chi connectivity index (χ2v) is 3.39. The molecule has 0 fully saturated rings. The van der Waals surface area contributed by atoms with E-state index in [1.807, 2.05) is 32.0 Å². The normalized spacial score (nSPS) is 10.9. The molecule has 0 aliphatic rings. The van der Waals surface area contributed by atoms with Crippen LogP contribution >= 0.6 is 0 Å². The Hall–Kier alpha value is -0.960. The first kappa shape index (κ1) is 11.1. The van der Waals surface area contributed by atoms with Crippen molar-refractivity contribution in [1.29, 1.82) is 0 Å². The predicted octanol–water partition coefficient (Wildman–Crippen LogP) is 2.66. The molecule has 0 radical (unpaired) electrons. The number of rotatable bonds is 4. The van der Waals surface area contributed by atoms with E-state index in [-0.39, 0.29) is 6.54 Å². The van der Waals surface area contributed by atoms with E-state index in [0.717, 1.165) is 16.7 Å². The van der Waals surface area contributed by atoms with Gasteiger partial charge in [0.25, 0.3) is 6.43 Å². The second kappa shape index (κ2) is 5.05. The van der Waals surface area contributed by atoms with Crippen LogP contribution in [0.15, 0.2) is 18.2 Å². The molecule has 0 saturated carbocycles. The van der Waals surface area contributed by atoms with Crippen molar-refractivity contribution < 1.29 is 8.78 Å². The van der Waals surface area contributed by atoms with Crippen molar-refractivity contribution in [3.63, 3.8) is 0 Å². The van der Waals surface area contributed by atoms with Gasteiger partial charge in [0.2, 0.25) is 0 Å². The SMILES string of the molecule is Cc1cccc(C)c1CNCC(F)F. The fourth-order valence-corrected chi connectivity index (χ4v) is 1.43. The van der Waals surface area contributed by atoms with Crippen LogP contribution in [0, 0.1) is 13.8 Å². The zero-order valence-electron chi connectivity index (χ0n) is 8.48. The highest BCUT2D eigenvalue weighted by atomic mass is 19.3. The van der Waals surface area contributed by atoms with E-state index in [4.69, 9.17) is 0 Å². The zero-order valence-corrected chi connectivity index (χ0v) is 8.48. The Bertz CT molecular complexity index is 277. The van der Waals surface area contributed by atoms with Crippen molar-refractivity contribution >= 4 is 0 Å². The number of halogens is 2. The number of hydrogen-bond donors (Lipinski definition) is 1. The summed E-state index contributed by atoms with van der Waals surface area (Å²) < 4.78 is 23.8. The van der Waals surface area contributed by atoms with Gasteiger partial charge in [-0.25, -0.2) is 8.78 Å². The van der Waals surface area contributed by atoms with E-state index in [1.54, 1.807) is 0 Å². The van der Waals surface area contributed by atoms with Gasteiger partial charge < -0.3 is 5.32 Å². The third-order valence-corrected chi connectivity index (χ3v) is 2.24. The summed E-state index contributed by atoms with van der Waals surface area (Å²) in [4.78, 5) is 0. The highest BCUT2D eigenvalue weighted by Gasteiger charge is 2.04. The molecule has 0 saturated heterocycles. The summed E-state index contributed by atoms with van der Waals surface area (Å²) in [5.41, 5.74) is 3.41. The van der Waals surface area contributed by atoms with Crippen molar-refractivity contribution in [1.82, 2.24) is 5.32 Å². The van der Waals surface area contributed by atoms with Gasteiger partial charge in [0.05, 0.1) is 6.54 Å². The van der Waals surface area contributed by atoms with Crippen LogP contribution in [0.1, 0.15) is 16.7 Å². The molecule has 0 spiro atoms. The molecule has 0 amide bonds. The zero-order chi connectivity index (χ0) is 10.6. The fourth-order valence-electron chi connectivity index (χ4n) is 1.43. The summed E-state index contributed by atoms with van der Waals surface area (Å²) in [6.45, 7) is 4.26. The van der Waals surface area contributed by atoms with Crippen LogP contribution in [0.2, 0.25) is 0 Å². The molecule has 0 aliphatic carbocycles. The Morgan fingerprint density at radius 1 is 1.21 bits per heavy atom. The average Bonchev–Trinajstić information content (AvgIpc) is 2.09. The van der Waals surface area contributed by atoms with Gasteiger partial charge in [-0.1, -0.05) is 18.2 Å². The highest BCUT2D eigenvalue weighted by Crippen LogP contribution is 2.12. The lowest BCUT2D eigenvalue weighted by Crippen LogP contribution is -2.21. The summed E-state index contributed by atoms with van der Waals surface area (Å²) in [7, 11) is 0. The van der Waals surface area contributed by atoms with Crippen molar-refractivity contribution in [2.75, 3.05) is 6.54 Å². The van der Waals surface area contributed by atoms with Gasteiger partial charge in [-0.15, -0.1) is 0 Å². The summed E-state index contributed by atoms with van der Waals surface area (Å²) in [5.74, 6) is 0.